The molecule has 8 nitrogen and oxygen atoms in total. The standard InChI is InChI=1S/C20H30N2O6/c1-13(2)11-15(19(25)28-20(3,4)5)21-18(24)17(23)16(22(26)27)12-14-9-7-6-8-10-14/h6-10,13,15-17,23H,11-12H2,1-5H3,(H,21,24)/t15-,16+,17-/m0/s1. The quantitative estimate of drug-likeness (QED) is 0.376. The normalized spacial score (nSPS) is 14.8. The fraction of sp³-hybridized carbons (Fsp3) is 0.600. The molecule has 0 unspecified atom stereocenters. The van der Waals surface area contributed by atoms with Crippen LogP contribution in [-0.2, 0) is 20.7 Å². The number of aliphatic hydroxyl groups excluding tert-OH is 1. The molecule has 0 aromatic heterocycles. The minimum absolute atomic E-state index is 0.0607. The lowest BCUT2D eigenvalue weighted by Gasteiger charge is -2.26. The molecule has 0 heterocycles. The van der Waals surface area contributed by atoms with Gasteiger partial charge in [0.15, 0.2) is 0 Å². The number of rotatable bonds is 9. The molecule has 0 saturated heterocycles. The Kier molecular flexibility index (Phi) is 8.56. The van der Waals surface area contributed by atoms with E-state index >= 15 is 0 Å². The molecule has 1 amide bonds. The molecular weight excluding hydrogens is 364 g/mol. The number of ether oxygens (including phenoxy) is 1. The van der Waals surface area contributed by atoms with Gasteiger partial charge in [-0.3, -0.25) is 14.9 Å². The molecule has 1 aromatic rings. The van der Waals surface area contributed by atoms with E-state index < -0.39 is 40.6 Å². The molecule has 0 aliphatic rings. The van der Waals surface area contributed by atoms with Gasteiger partial charge in [0.25, 0.3) is 11.9 Å². The van der Waals surface area contributed by atoms with Gasteiger partial charge in [-0.15, -0.1) is 0 Å². The summed E-state index contributed by atoms with van der Waals surface area (Å²) in [7, 11) is 0. The molecule has 0 bridgehead atoms. The zero-order valence-corrected chi connectivity index (χ0v) is 17.0. The predicted octanol–water partition coefficient (Wildman–Crippen LogP) is 2.11. The van der Waals surface area contributed by atoms with Crippen LogP contribution < -0.4 is 5.32 Å². The topological polar surface area (TPSA) is 119 Å². The molecule has 0 fully saturated rings. The largest absolute Gasteiger partial charge is 0.458 e. The molecule has 0 radical (unpaired) electrons. The highest BCUT2D eigenvalue weighted by molar-refractivity contribution is 5.87. The van der Waals surface area contributed by atoms with Crippen molar-refractivity contribution in [3.8, 4) is 0 Å². The summed E-state index contributed by atoms with van der Waals surface area (Å²) >= 11 is 0. The van der Waals surface area contributed by atoms with Crippen LogP contribution in [-0.4, -0.2) is 45.7 Å². The first-order valence-electron chi connectivity index (χ1n) is 9.29. The smallest absolute Gasteiger partial charge is 0.329 e. The Morgan fingerprint density at radius 2 is 1.79 bits per heavy atom. The van der Waals surface area contributed by atoms with Crippen LogP contribution in [0, 0.1) is 16.0 Å². The van der Waals surface area contributed by atoms with Crippen LogP contribution in [0.2, 0.25) is 0 Å². The third-order valence-electron chi connectivity index (χ3n) is 3.91. The molecule has 156 valence electrons. The molecule has 28 heavy (non-hydrogen) atoms. The molecule has 2 N–H and O–H groups in total. The highest BCUT2D eigenvalue weighted by Gasteiger charge is 2.38. The zero-order chi connectivity index (χ0) is 21.5. The Hall–Kier alpha value is -2.48. The third-order valence-corrected chi connectivity index (χ3v) is 3.91. The SMILES string of the molecule is CC(C)C[C@H](NC(=O)[C@@H](O)[C@@H](Cc1ccccc1)[N+](=O)[O-])C(=O)OC(C)(C)C. The number of nitrogens with zero attached hydrogens (tertiary/aromatic N) is 1. The number of aliphatic hydroxyl groups is 1. The van der Waals surface area contributed by atoms with Crippen LogP contribution in [0.3, 0.4) is 0 Å². The van der Waals surface area contributed by atoms with Crippen molar-refractivity contribution in [3.63, 3.8) is 0 Å². The number of hydrogen-bond donors (Lipinski definition) is 2. The zero-order valence-electron chi connectivity index (χ0n) is 17.0. The molecule has 1 aromatic carbocycles. The van der Waals surface area contributed by atoms with Gasteiger partial charge in [0, 0.05) is 11.3 Å². The summed E-state index contributed by atoms with van der Waals surface area (Å²) in [6.45, 7) is 8.86. The molecular formula is C20H30N2O6. The van der Waals surface area contributed by atoms with Crippen molar-refractivity contribution >= 4 is 11.9 Å². The molecule has 0 spiro atoms. The van der Waals surface area contributed by atoms with Gasteiger partial charge in [-0.2, -0.15) is 0 Å². The monoisotopic (exact) mass is 394 g/mol. The molecule has 8 heteroatoms. The summed E-state index contributed by atoms with van der Waals surface area (Å²) in [6.07, 6.45) is -1.72. The number of amides is 1. The van der Waals surface area contributed by atoms with Crippen molar-refractivity contribution in [1.29, 1.82) is 0 Å². The van der Waals surface area contributed by atoms with Crippen LogP contribution >= 0.6 is 0 Å². The van der Waals surface area contributed by atoms with Crippen LogP contribution in [0.1, 0.15) is 46.6 Å². The Morgan fingerprint density at radius 3 is 2.25 bits per heavy atom. The average Bonchev–Trinajstić information content (AvgIpc) is 2.57. The van der Waals surface area contributed by atoms with E-state index in [1.165, 1.54) is 0 Å². The number of benzene rings is 1. The Bertz CT molecular complexity index is 669. The van der Waals surface area contributed by atoms with Crippen LogP contribution in [0.5, 0.6) is 0 Å². The fourth-order valence-corrected chi connectivity index (χ4v) is 2.65. The summed E-state index contributed by atoms with van der Waals surface area (Å²) < 4.78 is 5.32. The van der Waals surface area contributed by atoms with E-state index in [9.17, 15) is 24.8 Å². The van der Waals surface area contributed by atoms with Crippen molar-refractivity contribution in [2.75, 3.05) is 0 Å². The fourth-order valence-electron chi connectivity index (χ4n) is 2.65. The molecule has 1 rings (SSSR count). The predicted molar refractivity (Wildman–Crippen MR) is 104 cm³/mol. The van der Waals surface area contributed by atoms with Crippen LogP contribution in [0.4, 0.5) is 0 Å². The summed E-state index contributed by atoms with van der Waals surface area (Å²) in [4.78, 5) is 35.6. The van der Waals surface area contributed by atoms with Crippen molar-refractivity contribution < 1.29 is 24.4 Å². The second-order valence-electron chi connectivity index (χ2n) is 8.21. The van der Waals surface area contributed by atoms with E-state index in [0.717, 1.165) is 0 Å². The van der Waals surface area contributed by atoms with Gasteiger partial charge < -0.3 is 15.2 Å². The van der Waals surface area contributed by atoms with E-state index in [0.29, 0.717) is 5.56 Å². The van der Waals surface area contributed by atoms with E-state index in [2.05, 4.69) is 5.32 Å². The lowest BCUT2D eigenvalue weighted by molar-refractivity contribution is -0.530. The third kappa shape index (κ3) is 8.04. The lowest BCUT2D eigenvalue weighted by atomic mass is 9.99. The number of esters is 1. The second kappa shape index (κ2) is 10.2. The first kappa shape index (κ1) is 23.6. The Balaban J connectivity index is 2.90. The van der Waals surface area contributed by atoms with E-state index in [4.69, 9.17) is 4.74 Å². The maximum absolute atomic E-state index is 12.5. The maximum atomic E-state index is 12.5. The Labute approximate surface area is 165 Å². The number of hydrogen-bond acceptors (Lipinski definition) is 6. The van der Waals surface area contributed by atoms with Gasteiger partial charge in [0.05, 0.1) is 0 Å². The number of nitro groups is 1. The summed E-state index contributed by atoms with van der Waals surface area (Å²) in [5.74, 6) is -1.54. The van der Waals surface area contributed by atoms with Gasteiger partial charge >= 0.3 is 5.97 Å². The minimum atomic E-state index is -1.90. The summed E-state index contributed by atoms with van der Waals surface area (Å²) in [5, 5.41) is 24.1. The maximum Gasteiger partial charge on any atom is 0.329 e. The van der Waals surface area contributed by atoms with Crippen molar-refractivity contribution in [3.05, 3.63) is 46.0 Å². The van der Waals surface area contributed by atoms with E-state index in [1.54, 1.807) is 51.1 Å². The number of carbonyl (C=O) groups excluding carboxylic acids is 2. The average molecular weight is 394 g/mol. The summed E-state index contributed by atoms with van der Waals surface area (Å²) in [6, 6.07) is 6.06. The van der Waals surface area contributed by atoms with Gasteiger partial charge in [-0.05, 0) is 38.7 Å². The minimum Gasteiger partial charge on any atom is -0.458 e. The summed E-state index contributed by atoms with van der Waals surface area (Å²) in [5.41, 5.74) is -0.117. The lowest BCUT2D eigenvalue weighted by Crippen LogP contribution is -2.52. The highest BCUT2D eigenvalue weighted by atomic mass is 16.6. The van der Waals surface area contributed by atoms with E-state index in [1.807, 2.05) is 13.8 Å². The number of nitrogens with one attached hydrogen (secondary N) is 1. The second-order valence-corrected chi connectivity index (χ2v) is 8.21. The first-order valence-corrected chi connectivity index (χ1v) is 9.29. The van der Waals surface area contributed by atoms with Crippen molar-refractivity contribution in [2.24, 2.45) is 5.92 Å². The van der Waals surface area contributed by atoms with E-state index in [-0.39, 0.29) is 18.8 Å². The van der Waals surface area contributed by atoms with Gasteiger partial charge in [-0.1, -0.05) is 44.2 Å². The van der Waals surface area contributed by atoms with Gasteiger partial charge in [-0.25, -0.2) is 4.79 Å². The van der Waals surface area contributed by atoms with Crippen molar-refractivity contribution in [2.45, 2.75) is 71.2 Å². The van der Waals surface area contributed by atoms with Gasteiger partial charge in [0.2, 0.25) is 6.10 Å². The van der Waals surface area contributed by atoms with Crippen LogP contribution in [0.15, 0.2) is 30.3 Å². The Morgan fingerprint density at radius 1 is 1.21 bits per heavy atom. The first-order chi connectivity index (χ1) is 12.9. The molecule has 3 atom stereocenters. The number of carbonyl (C=O) groups is 2. The molecule has 0 saturated carbocycles. The molecule has 0 aliphatic carbocycles. The highest BCUT2D eigenvalue weighted by Crippen LogP contribution is 2.14. The van der Waals surface area contributed by atoms with Gasteiger partial charge in [0.1, 0.15) is 11.6 Å². The van der Waals surface area contributed by atoms with Crippen molar-refractivity contribution in [1.82, 2.24) is 5.32 Å². The van der Waals surface area contributed by atoms with Crippen LogP contribution in [0.25, 0.3) is 0 Å². The molecule has 0 aliphatic heterocycles.